The molecule has 8 nitrogen and oxygen atoms in total. The van der Waals surface area contributed by atoms with Gasteiger partial charge in [0.2, 0.25) is 5.91 Å². The monoisotopic (exact) mass is 446 g/mol. The van der Waals surface area contributed by atoms with Crippen LogP contribution in [0.4, 0.5) is 11.4 Å². The van der Waals surface area contributed by atoms with Gasteiger partial charge in [-0.1, -0.05) is 6.07 Å². The number of hydrogen-bond acceptors (Lipinski definition) is 6. The highest BCUT2D eigenvalue weighted by molar-refractivity contribution is 7.99. The molecule has 0 bridgehead atoms. The largest absolute Gasteiger partial charge is 0.379 e. The van der Waals surface area contributed by atoms with Gasteiger partial charge >= 0.3 is 11.8 Å². The number of morpholine rings is 1. The highest BCUT2D eigenvalue weighted by atomic mass is 32.2. The zero-order valence-electron chi connectivity index (χ0n) is 17.7. The van der Waals surface area contributed by atoms with Crippen molar-refractivity contribution < 1.29 is 19.1 Å². The lowest BCUT2D eigenvalue weighted by molar-refractivity contribution is -0.136. The number of ether oxygens (including phenoxy) is 1. The molecular weight excluding hydrogens is 416 g/mol. The fourth-order valence-corrected chi connectivity index (χ4v) is 5.83. The number of amides is 3. The third-order valence-electron chi connectivity index (χ3n) is 6.38. The first-order valence-electron chi connectivity index (χ1n) is 11.0. The molecule has 3 aliphatic heterocycles. The van der Waals surface area contributed by atoms with Crippen molar-refractivity contribution in [1.82, 2.24) is 10.2 Å². The molecule has 0 aromatic heterocycles. The van der Waals surface area contributed by atoms with Gasteiger partial charge in [-0.25, -0.2) is 0 Å². The molecule has 3 saturated heterocycles. The molecule has 3 heterocycles. The van der Waals surface area contributed by atoms with Crippen LogP contribution in [0.25, 0.3) is 0 Å². The average Bonchev–Trinajstić information content (AvgIpc) is 3.24. The molecule has 3 amide bonds. The van der Waals surface area contributed by atoms with Gasteiger partial charge in [-0.05, 0) is 49.0 Å². The third-order valence-corrected chi connectivity index (χ3v) is 7.36. The minimum atomic E-state index is -0.688. The predicted molar refractivity (Wildman–Crippen MR) is 121 cm³/mol. The normalized spacial score (nSPS) is 21.7. The number of anilines is 2. The SMILES string of the molecule is O=C(NCC1(N2CCOCC2)CCSCC1)C(=O)Nc1cccc(N2CCCC2=O)c1. The first-order valence-corrected chi connectivity index (χ1v) is 12.1. The molecule has 0 unspecified atom stereocenters. The summed E-state index contributed by atoms with van der Waals surface area (Å²) in [5.74, 6) is 0.879. The number of thioether (sulfide) groups is 1. The number of rotatable bonds is 5. The lowest BCUT2D eigenvalue weighted by Crippen LogP contribution is -2.61. The van der Waals surface area contributed by atoms with E-state index in [0.717, 1.165) is 49.5 Å². The molecule has 0 spiro atoms. The molecule has 1 aromatic rings. The quantitative estimate of drug-likeness (QED) is 0.666. The Labute approximate surface area is 187 Å². The second-order valence-electron chi connectivity index (χ2n) is 8.27. The summed E-state index contributed by atoms with van der Waals surface area (Å²) in [5.41, 5.74) is 1.14. The summed E-state index contributed by atoms with van der Waals surface area (Å²) in [4.78, 5) is 41.2. The van der Waals surface area contributed by atoms with E-state index in [9.17, 15) is 14.4 Å². The number of nitrogens with zero attached hydrogens (tertiary/aromatic N) is 2. The van der Waals surface area contributed by atoms with E-state index in [1.54, 1.807) is 23.1 Å². The molecule has 31 heavy (non-hydrogen) atoms. The van der Waals surface area contributed by atoms with Crippen molar-refractivity contribution in [3.63, 3.8) is 0 Å². The maximum Gasteiger partial charge on any atom is 0.313 e. The van der Waals surface area contributed by atoms with Crippen LogP contribution < -0.4 is 15.5 Å². The van der Waals surface area contributed by atoms with Gasteiger partial charge in [0.05, 0.1) is 13.2 Å². The molecular formula is C22H30N4O4S. The second-order valence-corrected chi connectivity index (χ2v) is 9.50. The van der Waals surface area contributed by atoms with Crippen LogP contribution in [0.2, 0.25) is 0 Å². The Morgan fingerprint density at radius 3 is 2.58 bits per heavy atom. The van der Waals surface area contributed by atoms with E-state index in [0.29, 0.717) is 38.4 Å². The highest BCUT2D eigenvalue weighted by Gasteiger charge is 2.39. The summed E-state index contributed by atoms with van der Waals surface area (Å²) in [6.45, 7) is 4.27. The summed E-state index contributed by atoms with van der Waals surface area (Å²) in [6, 6.07) is 7.08. The summed E-state index contributed by atoms with van der Waals surface area (Å²) in [5, 5.41) is 5.55. The lowest BCUT2D eigenvalue weighted by Gasteiger charge is -2.47. The Bertz CT molecular complexity index is 821. The first-order chi connectivity index (χ1) is 15.1. The molecule has 0 saturated carbocycles. The molecule has 4 rings (SSSR count). The topological polar surface area (TPSA) is 91.0 Å². The third kappa shape index (κ3) is 5.22. The number of carbonyl (C=O) groups excluding carboxylic acids is 3. The Hall–Kier alpha value is -2.10. The van der Waals surface area contributed by atoms with Crippen molar-refractivity contribution in [2.75, 3.05) is 61.1 Å². The van der Waals surface area contributed by atoms with E-state index in [1.165, 1.54) is 0 Å². The van der Waals surface area contributed by atoms with E-state index >= 15 is 0 Å². The van der Waals surface area contributed by atoms with Gasteiger partial charge in [0.1, 0.15) is 0 Å². The van der Waals surface area contributed by atoms with Crippen LogP contribution in [0.1, 0.15) is 25.7 Å². The number of hydrogen-bond donors (Lipinski definition) is 2. The molecule has 2 N–H and O–H groups in total. The van der Waals surface area contributed by atoms with Crippen LogP contribution in [-0.4, -0.2) is 79.1 Å². The molecule has 168 valence electrons. The Morgan fingerprint density at radius 2 is 1.87 bits per heavy atom. The number of carbonyl (C=O) groups is 3. The van der Waals surface area contributed by atoms with Gasteiger partial charge in [-0.2, -0.15) is 11.8 Å². The van der Waals surface area contributed by atoms with Crippen molar-refractivity contribution in [2.24, 2.45) is 0 Å². The van der Waals surface area contributed by atoms with E-state index in [-0.39, 0.29) is 11.4 Å². The standard InChI is InChI=1S/C22H30N4O4S/c27-19-5-2-8-26(19)18-4-1-3-17(15-18)24-21(29)20(28)23-16-22(6-13-31-14-7-22)25-9-11-30-12-10-25/h1,3-4,15H,2,5-14,16H2,(H,23,28)(H,24,29). The summed E-state index contributed by atoms with van der Waals surface area (Å²) < 4.78 is 5.50. The predicted octanol–water partition coefficient (Wildman–Crippen LogP) is 1.47. The summed E-state index contributed by atoms with van der Waals surface area (Å²) >= 11 is 1.94. The molecule has 3 fully saturated rings. The zero-order chi connectivity index (χ0) is 21.7. The fraction of sp³-hybridized carbons (Fsp3) is 0.591. The van der Waals surface area contributed by atoms with Crippen LogP contribution in [0.15, 0.2) is 24.3 Å². The summed E-state index contributed by atoms with van der Waals surface area (Å²) in [7, 11) is 0. The van der Waals surface area contributed by atoms with Gasteiger partial charge in [-0.15, -0.1) is 0 Å². The van der Waals surface area contributed by atoms with Crippen LogP contribution >= 0.6 is 11.8 Å². The Balaban J connectivity index is 1.36. The van der Waals surface area contributed by atoms with Gasteiger partial charge in [-0.3, -0.25) is 19.3 Å². The fourth-order valence-electron chi connectivity index (χ4n) is 4.58. The first kappa shape index (κ1) is 22.1. The molecule has 1 aromatic carbocycles. The van der Waals surface area contributed by atoms with Gasteiger partial charge in [0, 0.05) is 49.5 Å². The van der Waals surface area contributed by atoms with E-state index in [1.807, 2.05) is 17.8 Å². The van der Waals surface area contributed by atoms with E-state index in [2.05, 4.69) is 15.5 Å². The zero-order valence-corrected chi connectivity index (χ0v) is 18.5. The number of benzene rings is 1. The van der Waals surface area contributed by atoms with Crippen molar-refractivity contribution in [3.8, 4) is 0 Å². The molecule has 0 atom stereocenters. The van der Waals surface area contributed by atoms with Gasteiger partial charge < -0.3 is 20.3 Å². The average molecular weight is 447 g/mol. The molecule has 3 aliphatic rings. The lowest BCUT2D eigenvalue weighted by atomic mass is 9.89. The van der Waals surface area contributed by atoms with E-state index < -0.39 is 11.8 Å². The van der Waals surface area contributed by atoms with Crippen molar-refractivity contribution in [1.29, 1.82) is 0 Å². The van der Waals surface area contributed by atoms with Crippen LogP contribution in [0.3, 0.4) is 0 Å². The minimum Gasteiger partial charge on any atom is -0.379 e. The van der Waals surface area contributed by atoms with E-state index in [4.69, 9.17) is 4.74 Å². The van der Waals surface area contributed by atoms with Gasteiger partial charge in [0.25, 0.3) is 0 Å². The van der Waals surface area contributed by atoms with Crippen LogP contribution in [0, 0.1) is 0 Å². The van der Waals surface area contributed by atoms with Crippen molar-refractivity contribution in [2.45, 2.75) is 31.2 Å². The maximum absolute atomic E-state index is 12.6. The molecule has 9 heteroatoms. The minimum absolute atomic E-state index is 0.0836. The maximum atomic E-state index is 12.6. The molecule has 0 radical (unpaired) electrons. The highest BCUT2D eigenvalue weighted by Crippen LogP contribution is 2.32. The van der Waals surface area contributed by atoms with Crippen LogP contribution in [-0.2, 0) is 19.1 Å². The second kappa shape index (κ2) is 10.0. The van der Waals surface area contributed by atoms with Crippen molar-refractivity contribution >= 4 is 40.9 Å². The van der Waals surface area contributed by atoms with Gasteiger partial charge in [0.15, 0.2) is 0 Å². The Kier molecular flexibility index (Phi) is 7.14. The smallest absolute Gasteiger partial charge is 0.313 e. The molecule has 0 aliphatic carbocycles. The summed E-state index contributed by atoms with van der Waals surface area (Å²) in [6.07, 6.45) is 3.36. The van der Waals surface area contributed by atoms with Crippen molar-refractivity contribution in [3.05, 3.63) is 24.3 Å². The number of nitrogens with one attached hydrogen (secondary N) is 2. The van der Waals surface area contributed by atoms with Crippen LogP contribution in [0.5, 0.6) is 0 Å². The Morgan fingerprint density at radius 1 is 1.10 bits per heavy atom.